The summed E-state index contributed by atoms with van der Waals surface area (Å²) in [5, 5.41) is 4.79. The van der Waals surface area contributed by atoms with E-state index in [1.807, 2.05) is 6.26 Å². The molecule has 0 aliphatic rings. The summed E-state index contributed by atoms with van der Waals surface area (Å²) in [6, 6.07) is 4.57. The molecular formula is C19H29NO. The van der Waals surface area contributed by atoms with Gasteiger partial charge < -0.3 is 9.73 Å². The lowest BCUT2D eigenvalue weighted by atomic mass is 9.85. The minimum atomic E-state index is 0.170. The summed E-state index contributed by atoms with van der Waals surface area (Å²) in [6.07, 6.45) is 2.95. The number of aryl methyl sites for hydroxylation is 1. The Morgan fingerprint density at radius 3 is 2.52 bits per heavy atom. The SMILES string of the molecule is Cc1cc(C(C)(C)C)cc2c(CCNCC(C)C)coc12. The van der Waals surface area contributed by atoms with E-state index in [1.165, 1.54) is 22.1 Å². The Bertz CT molecular complexity index is 602. The van der Waals surface area contributed by atoms with Crippen molar-refractivity contribution in [2.45, 2.75) is 53.4 Å². The Morgan fingerprint density at radius 2 is 1.90 bits per heavy atom. The second-order valence-corrected chi connectivity index (χ2v) is 7.53. The van der Waals surface area contributed by atoms with Crippen LogP contribution < -0.4 is 5.32 Å². The summed E-state index contributed by atoms with van der Waals surface area (Å²) in [5.74, 6) is 0.695. The third kappa shape index (κ3) is 3.88. The van der Waals surface area contributed by atoms with Crippen molar-refractivity contribution in [1.29, 1.82) is 0 Å². The molecule has 1 heterocycles. The quantitative estimate of drug-likeness (QED) is 0.797. The van der Waals surface area contributed by atoms with Gasteiger partial charge in [0.1, 0.15) is 5.58 Å². The molecule has 21 heavy (non-hydrogen) atoms. The largest absolute Gasteiger partial charge is 0.464 e. The summed E-state index contributed by atoms with van der Waals surface area (Å²) in [5.41, 5.74) is 5.14. The summed E-state index contributed by atoms with van der Waals surface area (Å²) in [7, 11) is 0. The van der Waals surface area contributed by atoms with Gasteiger partial charge in [-0.3, -0.25) is 0 Å². The first-order chi connectivity index (χ1) is 9.79. The van der Waals surface area contributed by atoms with Gasteiger partial charge in [-0.25, -0.2) is 0 Å². The van der Waals surface area contributed by atoms with Crippen LogP contribution in [0.2, 0.25) is 0 Å². The Labute approximate surface area is 128 Å². The first-order valence-corrected chi connectivity index (χ1v) is 8.01. The van der Waals surface area contributed by atoms with Crippen molar-refractivity contribution in [2.75, 3.05) is 13.1 Å². The molecule has 0 aliphatic carbocycles. The number of hydrogen-bond donors (Lipinski definition) is 1. The highest BCUT2D eigenvalue weighted by Crippen LogP contribution is 2.31. The van der Waals surface area contributed by atoms with Crippen LogP contribution in [0.15, 0.2) is 22.8 Å². The van der Waals surface area contributed by atoms with E-state index in [-0.39, 0.29) is 5.41 Å². The van der Waals surface area contributed by atoms with E-state index in [2.05, 4.69) is 59.0 Å². The molecule has 0 saturated carbocycles. The first-order valence-electron chi connectivity index (χ1n) is 8.01. The lowest BCUT2D eigenvalue weighted by molar-refractivity contribution is 0.552. The fourth-order valence-corrected chi connectivity index (χ4v) is 2.60. The smallest absolute Gasteiger partial charge is 0.137 e. The third-order valence-corrected chi connectivity index (χ3v) is 3.93. The molecule has 0 radical (unpaired) electrons. The number of benzene rings is 1. The molecule has 2 nitrogen and oxygen atoms in total. The minimum absolute atomic E-state index is 0.170. The minimum Gasteiger partial charge on any atom is -0.464 e. The monoisotopic (exact) mass is 287 g/mol. The van der Waals surface area contributed by atoms with Gasteiger partial charge in [-0.2, -0.15) is 0 Å². The van der Waals surface area contributed by atoms with Gasteiger partial charge in [-0.1, -0.05) is 40.7 Å². The summed E-state index contributed by atoms with van der Waals surface area (Å²) >= 11 is 0. The maximum absolute atomic E-state index is 5.80. The Hall–Kier alpha value is -1.28. The van der Waals surface area contributed by atoms with Crippen molar-refractivity contribution in [3.05, 3.63) is 35.1 Å². The molecule has 0 amide bonds. The molecule has 2 aromatic rings. The molecule has 0 aliphatic heterocycles. The van der Waals surface area contributed by atoms with Crippen LogP contribution in [0, 0.1) is 12.8 Å². The van der Waals surface area contributed by atoms with Gasteiger partial charge in [0, 0.05) is 5.39 Å². The van der Waals surface area contributed by atoms with Crippen LogP contribution in [0.1, 0.15) is 51.3 Å². The van der Waals surface area contributed by atoms with Crippen molar-refractivity contribution in [3.63, 3.8) is 0 Å². The lowest BCUT2D eigenvalue weighted by Crippen LogP contribution is -2.22. The maximum atomic E-state index is 5.80. The third-order valence-electron chi connectivity index (χ3n) is 3.93. The number of nitrogens with one attached hydrogen (secondary N) is 1. The van der Waals surface area contributed by atoms with Crippen LogP contribution in [-0.4, -0.2) is 13.1 Å². The molecular weight excluding hydrogens is 258 g/mol. The fourth-order valence-electron chi connectivity index (χ4n) is 2.60. The standard InChI is InChI=1S/C19H29NO/c1-13(2)11-20-8-7-15-12-21-18-14(3)9-16(10-17(15)18)19(4,5)6/h9-10,12-13,20H,7-8,11H2,1-6H3. The first kappa shape index (κ1) is 16.1. The summed E-state index contributed by atoms with van der Waals surface area (Å²) in [4.78, 5) is 0. The van der Waals surface area contributed by atoms with Crippen LogP contribution in [0.25, 0.3) is 11.0 Å². The zero-order valence-electron chi connectivity index (χ0n) is 14.3. The van der Waals surface area contributed by atoms with Crippen LogP contribution in [0.4, 0.5) is 0 Å². The van der Waals surface area contributed by atoms with Crippen LogP contribution in [0.5, 0.6) is 0 Å². The van der Waals surface area contributed by atoms with Gasteiger partial charge in [-0.05, 0) is 60.5 Å². The maximum Gasteiger partial charge on any atom is 0.137 e. The predicted molar refractivity (Wildman–Crippen MR) is 91.1 cm³/mol. The van der Waals surface area contributed by atoms with Crippen molar-refractivity contribution in [3.8, 4) is 0 Å². The lowest BCUT2D eigenvalue weighted by Gasteiger charge is -2.20. The molecule has 0 atom stereocenters. The highest BCUT2D eigenvalue weighted by Gasteiger charge is 2.17. The Morgan fingerprint density at radius 1 is 1.19 bits per heavy atom. The Balaban J connectivity index is 2.23. The molecule has 0 fully saturated rings. The predicted octanol–water partition coefficient (Wildman–Crippen LogP) is 4.83. The van der Waals surface area contributed by atoms with Gasteiger partial charge in [0.05, 0.1) is 6.26 Å². The van der Waals surface area contributed by atoms with Crippen LogP contribution in [-0.2, 0) is 11.8 Å². The van der Waals surface area contributed by atoms with Gasteiger partial charge >= 0.3 is 0 Å². The van der Waals surface area contributed by atoms with E-state index in [0.717, 1.165) is 25.1 Å². The van der Waals surface area contributed by atoms with E-state index >= 15 is 0 Å². The molecule has 1 aromatic heterocycles. The molecule has 1 aromatic carbocycles. The van der Waals surface area contributed by atoms with Gasteiger partial charge in [-0.15, -0.1) is 0 Å². The highest BCUT2D eigenvalue weighted by atomic mass is 16.3. The van der Waals surface area contributed by atoms with Crippen LogP contribution in [0.3, 0.4) is 0 Å². The normalized spacial score (nSPS) is 12.5. The van der Waals surface area contributed by atoms with Crippen molar-refractivity contribution < 1.29 is 4.42 Å². The number of hydrogen-bond acceptors (Lipinski definition) is 2. The molecule has 1 N–H and O–H groups in total. The average Bonchev–Trinajstić information content (AvgIpc) is 2.77. The topological polar surface area (TPSA) is 25.2 Å². The number of rotatable bonds is 5. The van der Waals surface area contributed by atoms with Gasteiger partial charge in [0.15, 0.2) is 0 Å². The second kappa shape index (κ2) is 6.23. The second-order valence-electron chi connectivity index (χ2n) is 7.53. The van der Waals surface area contributed by atoms with E-state index < -0.39 is 0 Å². The van der Waals surface area contributed by atoms with E-state index in [4.69, 9.17) is 4.42 Å². The molecule has 0 unspecified atom stereocenters. The van der Waals surface area contributed by atoms with Crippen molar-refractivity contribution >= 4 is 11.0 Å². The molecule has 116 valence electrons. The van der Waals surface area contributed by atoms with E-state index in [0.29, 0.717) is 5.92 Å². The fraction of sp³-hybridized carbons (Fsp3) is 0.579. The zero-order valence-corrected chi connectivity index (χ0v) is 14.3. The van der Waals surface area contributed by atoms with Gasteiger partial charge in [0.25, 0.3) is 0 Å². The summed E-state index contributed by atoms with van der Waals surface area (Å²) in [6.45, 7) is 15.5. The average molecular weight is 287 g/mol. The zero-order chi connectivity index (χ0) is 15.6. The van der Waals surface area contributed by atoms with E-state index in [9.17, 15) is 0 Å². The summed E-state index contributed by atoms with van der Waals surface area (Å²) < 4.78 is 5.80. The van der Waals surface area contributed by atoms with Crippen LogP contribution >= 0.6 is 0 Å². The highest BCUT2D eigenvalue weighted by molar-refractivity contribution is 5.85. The van der Waals surface area contributed by atoms with Gasteiger partial charge in [0.2, 0.25) is 0 Å². The Kier molecular flexibility index (Phi) is 4.77. The molecule has 2 rings (SSSR count). The van der Waals surface area contributed by atoms with E-state index in [1.54, 1.807) is 0 Å². The van der Waals surface area contributed by atoms with Crippen molar-refractivity contribution in [1.82, 2.24) is 5.32 Å². The number of fused-ring (bicyclic) bond motifs is 1. The van der Waals surface area contributed by atoms with Crippen molar-refractivity contribution in [2.24, 2.45) is 5.92 Å². The molecule has 0 spiro atoms. The number of furan rings is 1. The molecule has 0 bridgehead atoms. The molecule has 2 heteroatoms. The molecule has 0 saturated heterocycles.